The zero-order valence-electron chi connectivity index (χ0n) is 16.4. The third-order valence-corrected chi connectivity index (χ3v) is 7.20. The number of hydrogen-bond acceptors (Lipinski definition) is 3. The maximum absolute atomic E-state index is 13.5. The van der Waals surface area contributed by atoms with E-state index in [1.165, 1.54) is 50.5 Å². The molecule has 0 amide bonds. The lowest BCUT2D eigenvalue weighted by Crippen LogP contribution is -2.22. The zero-order valence-corrected chi connectivity index (χ0v) is 17.2. The number of carbonyl (C=O) groups excluding carboxylic acids is 1. The van der Waals surface area contributed by atoms with Gasteiger partial charge in [-0.1, -0.05) is 31.2 Å². The van der Waals surface area contributed by atoms with Crippen LogP contribution in [0.25, 0.3) is 11.1 Å². The van der Waals surface area contributed by atoms with Gasteiger partial charge in [0.15, 0.2) is 0 Å². The maximum atomic E-state index is 13.5. The predicted octanol–water partition coefficient (Wildman–Crippen LogP) is 4.53. The Morgan fingerprint density at radius 1 is 1.07 bits per heavy atom. The van der Waals surface area contributed by atoms with E-state index in [9.17, 15) is 26.4 Å². The fourth-order valence-corrected chi connectivity index (χ4v) is 3.97. The van der Waals surface area contributed by atoms with Crippen LogP contribution in [0.15, 0.2) is 47.4 Å². The molecule has 3 rings (SSSR count). The molecule has 4 nitrogen and oxygen atoms in total. The molecule has 0 N–H and O–H groups in total. The highest BCUT2D eigenvalue weighted by molar-refractivity contribution is 7.89. The molecule has 0 heterocycles. The minimum atomic E-state index is -4.57. The van der Waals surface area contributed by atoms with Gasteiger partial charge < -0.3 is 0 Å². The number of benzene rings is 2. The third kappa shape index (κ3) is 4.38. The van der Waals surface area contributed by atoms with Crippen LogP contribution in [0.2, 0.25) is 0 Å². The molecule has 29 heavy (non-hydrogen) atoms. The lowest BCUT2D eigenvalue weighted by atomic mass is 9.92. The summed E-state index contributed by atoms with van der Waals surface area (Å²) in [5.74, 6) is 0.0237. The van der Waals surface area contributed by atoms with Crippen LogP contribution in [0.1, 0.15) is 30.9 Å². The van der Waals surface area contributed by atoms with Crippen molar-refractivity contribution in [3.8, 4) is 11.1 Å². The number of Topliss-reactive ketones (excluding diaryl/α,β-unsaturated/α-hetero) is 1. The Morgan fingerprint density at radius 3 is 2.14 bits per heavy atom. The topological polar surface area (TPSA) is 54.5 Å². The minimum absolute atomic E-state index is 0.00667. The Bertz CT molecular complexity index is 1040. The first-order valence-electron chi connectivity index (χ1n) is 9.11. The standard InChI is InChI=1S/C21H22F3NO3S/c1-20(10-11-20)19(26)13-14-4-9-18(21(22,23)24)17(12-14)15-5-7-16(8-6-15)29(27,28)25(2)3/h4-9,12H,10-11,13H2,1-3H3. The van der Waals surface area contributed by atoms with E-state index in [-0.39, 0.29) is 33.6 Å². The van der Waals surface area contributed by atoms with Crippen LogP contribution >= 0.6 is 0 Å². The van der Waals surface area contributed by atoms with Gasteiger partial charge in [0.2, 0.25) is 10.0 Å². The monoisotopic (exact) mass is 425 g/mol. The van der Waals surface area contributed by atoms with Crippen LogP contribution in [0.5, 0.6) is 0 Å². The number of halogens is 3. The summed E-state index contributed by atoms with van der Waals surface area (Å²) >= 11 is 0. The van der Waals surface area contributed by atoms with E-state index in [2.05, 4.69) is 0 Å². The van der Waals surface area contributed by atoms with Gasteiger partial charge in [-0.15, -0.1) is 0 Å². The lowest BCUT2D eigenvalue weighted by Gasteiger charge is -2.16. The molecule has 0 bridgehead atoms. The molecular weight excluding hydrogens is 403 g/mol. The molecule has 0 unspecified atom stereocenters. The van der Waals surface area contributed by atoms with Crippen molar-refractivity contribution in [3.63, 3.8) is 0 Å². The number of alkyl halides is 3. The summed E-state index contributed by atoms with van der Waals surface area (Å²) in [6.07, 6.45) is -2.88. The zero-order chi connectivity index (χ0) is 21.6. The van der Waals surface area contributed by atoms with E-state index in [4.69, 9.17) is 0 Å². The van der Waals surface area contributed by atoms with Gasteiger partial charge in [0, 0.05) is 25.9 Å². The second-order valence-corrected chi connectivity index (χ2v) is 10.0. The van der Waals surface area contributed by atoms with Gasteiger partial charge in [0.25, 0.3) is 0 Å². The normalized spacial score (nSPS) is 16.1. The average Bonchev–Trinajstić information content (AvgIpc) is 3.39. The van der Waals surface area contributed by atoms with Crippen LogP contribution < -0.4 is 0 Å². The highest BCUT2D eigenvalue weighted by Crippen LogP contribution is 2.46. The molecule has 0 aliphatic heterocycles. The first-order valence-corrected chi connectivity index (χ1v) is 10.5. The quantitative estimate of drug-likeness (QED) is 0.683. The van der Waals surface area contributed by atoms with Crippen LogP contribution in [-0.2, 0) is 27.4 Å². The van der Waals surface area contributed by atoms with Crippen LogP contribution in [0.4, 0.5) is 13.2 Å². The summed E-state index contributed by atoms with van der Waals surface area (Å²) in [4.78, 5) is 12.3. The van der Waals surface area contributed by atoms with Gasteiger partial charge in [0.05, 0.1) is 10.5 Å². The molecule has 8 heteroatoms. The van der Waals surface area contributed by atoms with Gasteiger partial charge in [0.1, 0.15) is 5.78 Å². The van der Waals surface area contributed by atoms with Crippen molar-refractivity contribution in [3.05, 3.63) is 53.6 Å². The van der Waals surface area contributed by atoms with E-state index in [1.807, 2.05) is 6.92 Å². The van der Waals surface area contributed by atoms with Gasteiger partial charge in [-0.05, 0) is 47.7 Å². The van der Waals surface area contributed by atoms with E-state index >= 15 is 0 Å². The Hall–Kier alpha value is -2.19. The molecule has 1 fully saturated rings. The average molecular weight is 425 g/mol. The number of hydrogen-bond donors (Lipinski definition) is 0. The van der Waals surface area contributed by atoms with E-state index in [0.29, 0.717) is 5.56 Å². The summed E-state index contributed by atoms with van der Waals surface area (Å²) in [5, 5.41) is 0. The fraction of sp³-hybridized carbons (Fsp3) is 0.381. The smallest absolute Gasteiger partial charge is 0.299 e. The Kier molecular flexibility index (Phi) is 5.38. The highest BCUT2D eigenvalue weighted by atomic mass is 32.2. The van der Waals surface area contributed by atoms with Crippen LogP contribution in [0, 0.1) is 5.41 Å². The van der Waals surface area contributed by atoms with Crippen molar-refractivity contribution < 1.29 is 26.4 Å². The van der Waals surface area contributed by atoms with E-state index in [1.54, 1.807) is 0 Å². The first-order chi connectivity index (χ1) is 13.3. The minimum Gasteiger partial charge on any atom is -0.299 e. The molecule has 1 aliphatic carbocycles. The van der Waals surface area contributed by atoms with Crippen molar-refractivity contribution in [1.29, 1.82) is 0 Å². The number of ketones is 1. The van der Waals surface area contributed by atoms with Crippen molar-refractivity contribution in [2.45, 2.75) is 37.3 Å². The van der Waals surface area contributed by atoms with Gasteiger partial charge in [-0.25, -0.2) is 12.7 Å². The molecule has 0 radical (unpaired) electrons. The lowest BCUT2D eigenvalue weighted by molar-refractivity contribution is -0.137. The van der Waals surface area contributed by atoms with Crippen molar-refractivity contribution >= 4 is 15.8 Å². The Balaban J connectivity index is 2.01. The molecule has 0 spiro atoms. The van der Waals surface area contributed by atoms with Crippen molar-refractivity contribution in [1.82, 2.24) is 4.31 Å². The SMILES string of the molecule is CN(C)S(=O)(=O)c1ccc(-c2cc(CC(=O)C3(C)CC3)ccc2C(F)(F)F)cc1. The first kappa shape index (κ1) is 21.5. The molecular formula is C21H22F3NO3S. The highest BCUT2D eigenvalue weighted by Gasteiger charge is 2.44. The van der Waals surface area contributed by atoms with Gasteiger partial charge in [-0.3, -0.25) is 4.79 Å². The largest absolute Gasteiger partial charge is 0.417 e. The molecule has 2 aromatic rings. The predicted molar refractivity (Wildman–Crippen MR) is 104 cm³/mol. The van der Waals surface area contributed by atoms with Crippen molar-refractivity contribution in [2.75, 3.05) is 14.1 Å². The maximum Gasteiger partial charge on any atom is 0.417 e. The number of rotatable bonds is 6. The van der Waals surface area contributed by atoms with Gasteiger partial charge in [-0.2, -0.15) is 13.2 Å². The summed E-state index contributed by atoms with van der Waals surface area (Å²) in [5.41, 5.74) is -0.504. The summed E-state index contributed by atoms with van der Waals surface area (Å²) in [7, 11) is -0.920. The molecule has 156 valence electrons. The Morgan fingerprint density at radius 2 is 1.66 bits per heavy atom. The Labute approximate surface area is 168 Å². The van der Waals surface area contributed by atoms with Crippen molar-refractivity contribution in [2.24, 2.45) is 5.41 Å². The summed E-state index contributed by atoms with van der Waals surface area (Å²) < 4.78 is 66.0. The van der Waals surface area contributed by atoms with E-state index in [0.717, 1.165) is 23.2 Å². The molecule has 0 atom stereocenters. The number of sulfonamides is 1. The third-order valence-electron chi connectivity index (χ3n) is 5.37. The number of carbonyl (C=O) groups is 1. The fourth-order valence-electron chi connectivity index (χ4n) is 3.07. The number of nitrogens with zero attached hydrogens (tertiary/aromatic N) is 1. The second-order valence-electron chi connectivity index (χ2n) is 7.85. The summed E-state index contributed by atoms with van der Waals surface area (Å²) in [6, 6.07) is 8.98. The van der Waals surface area contributed by atoms with Crippen LogP contribution in [0.3, 0.4) is 0 Å². The molecule has 1 saturated carbocycles. The van der Waals surface area contributed by atoms with Crippen LogP contribution in [-0.4, -0.2) is 32.6 Å². The molecule has 0 saturated heterocycles. The molecule has 0 aromatic heterocycles. The molecule has 1 aliphatic rings. The molecule has 2 aromatic carbocycles. The second kappa shape index (κ2) is 7.25. The van der Waals surface area contributed by atoms with E-state index < -0.39 is 21.8 Å². The summed E-state index contributed by atoms with van der Waals surface area (Å²) in [6.45, 7) is 1.87. The van der Waals surface area contributed by atoms with Gasteiger partial charge >= 0.3 is 6.18 Å².